The van der Waals surface area contributed by atoms with Gasteiger partial charge in [0.1, 0.15) is 0 Å². The molecule has 1 aliphatic heterocycles. The first-order valence-corrected chi connectivity index (χ1v) is 9.62. The number of hydrogen-bond acceptors (Lipinski definition) is 6. The van der Waals surface area contributed by atoms with Crippen LogP contribution in [-0.2, 0) is 6.42 Å². The summed E-state index contributed by atoms with van der Waals surface area (Å²) in [6.07, 6.45) is 8.49. The molecular weight excluding hydrogens is 332 g/mol. The maximum Gasteiger partial charge on any atom is 0.181 e. The molecule has 130 valence electrons. The summed E-state index contributed by atoms with van der Waals surface area (Å²) in [6, 6.07) is 9.13. The van der Waals surface area contributed by atoms with Crippen LogP contribution in [-0.4, -0.2) is 35.6 Å². The van der Waals surface area contributed by atoms with E-state index in [-0.39, 0.29) is 0 Å². The quantitative estimate of drug-likeness (QED) is 0.733. The van der Waals surface area contributed by atoms with Gasteiger partial charge in [-0.2, -0.15) is 0 Å². The number of rotatable bonds is 6. The molecule has 4 rings (SSSR count). The van der Waals surface area contributed by atoms with Crippen LogP contribution in [0.2, 0.25) is 0 Å². The maximum atomic E-state index is 5.41. The molecule has 0 aliphatic carbocycles. The second-order valence-electron chi connectivity index (χ2n) is 6.31. The van der Waals surface area contributed by atoms with Crippen LogP contribution in [0.15, 0.2) is 52.9 Å². The number of piperidine rings is 1. The molecule has 3 heterocycles. The number of benzene rings is 1. The van der Waals surface area contributed by atoms with Crippen molar-refractivity contribution in [1.29, 1.82) is 0 Å². The van der Waals surface area contributed by atoms with E-state index in [1.807, 2.05) is 11.6 Å². The molecule has 1 aliphatic rings. The summed E-state index contributed by atoms with van der Waals surface area (Å²) < 4.78 is 5.41. The molecule has 1 N–H and O–H groups in total. The third-order valence-electron chi connectivity index (χ3n) is 4.68. The first kappa shape index (κ1) is 16.3. The molecular formula is C19H22N4OS. The van der Waals surface area contributed by atoms with Crippen molar-refractivity contribution in [1.82, 2.24) is 15.3 Å². The van der Waals surface area contributed by atoms with Gasteiger partial charge >= 0.3 is 0 Å². The third-order valence-corrected chi connectivity index (χ3v) is 5.52. The van der Waals surface area contributed by atoms with Crippen molar-refractivity contribution in [3.63, 3.8) is 0 Å². The fraction of sp³-hybridized carbons (Fsp3) is 0.368. The number of nitrogens with zero attached hydrogens (tertiary/aromatic N) is 3. The predicted octanol–water partition coefficient (Wildman–Crippen LogP) is 3.60. The number of oxazole rings is 1. The van der Waals surface area contributed by atoms with E-state index >= 15 is 0 Å². The summed E-state index contributed by atoms with van der Waals surface area (Å²) in [5, 5.41) is 6.94. The Labute approximate surface area is 151 Å². The Morgan fingerprint density at radius 3 is 2.96 bits per heavy atom. The van der Waals surface area contributed by atoms with Crippen molar-refractivity contribution < 1.29 is 4.42 Å². The number of hydrogen-bond donors (Lipinski definition) is 1. The minimum Gasteiger partial charge on any atom is -0.444 e. The Bertz CT molecular complexity index is 765. The zero-order valence-corrected chi connectivity index (χ0v) is 14.9. The molecule has 0 atom stereocenters. The molecule has 0 unspecified atom stereocenters. The minimum atomic E-state index is 0.605. The zero-order chi connectivity index (χ0) is 16.9. The molecule has 2 aromatic heterocycles. The molecule has 0 saturated carbocycles. The van der Waals surface area contributed by atoms with E-state index in [1.54, 1.807) is 17.5 Å². The van der Waals surface area contributed by atoms with E-state index in [9.17, 15) is 0 Å². The van der Waals surface area contributed by atoms with Crippen molar-refractivity contribution in [3.05, 3.63) is 53.4 Å². The maximum absolute atomic E-state index is 5.41. The highest BCUT2D eigenvalue weighted by Crippen LogP contribution is 2.26. The summed E-state index contributed by atoms with van der Waals surface area (Å²) in [7, 11) is 0. The smallest absolute Gasteiger partial charge is 0.181 e. The Morgan fingerprint density at radius 1 is 1.28 bits per heavy atom. The number of thiazole rings is 1. The molecule has 0 amide bonds. The second-order valence-corrected chi connectivity index (χ2v) is 7.29. The van der Waals surface area contributed by atoms with Gasteiger partial charge in [-0.05, 0) is 25.0 Å². The van der Waals surface area contributed by atoms with Crippen LogP contribution in [0.1, 0.15) is 17.8 Å². The van der Waals surface area contributed by atoms with Crippen LogP contribution in [0.4, 0.5) is 5.69 Å². The average molecular weight is 354 g/mol. The minimum absolute atomic E-state index is 0.605. The number of nitrogens with one attached hydrogen (secondary N) is 1. The van der Waals surface area contributed by atoms with Gasteiger partial charge in [0.25, 0.3) is 0 Å². The van der Waals surface area contributed by atoms with E-state index in [1.165, 1.54) is 29.9 Å². The first-order chi connectivity index (χ1) is 12.4. The van der Waals surface area contributed by atoms with Crippen molar-refractivity contribution in [2.75, 3.05) is 24.5 Å². The highest BCUT2D eigenvalue weighted by Gasteiger charge is 2.19. The monoisotopic (exact) mass is 354 g/mol. The lowest BCUT2D eigenvalue weighted by Gasteiger charge is -2.34. The Hall–Kier alpha value is -2.18. The molecule has 5 nitrogen and oxygen atoms in total. The van der Waals surface area contributed by atoms with Crippen molar-refractivity contribution in [2.24, 2.45) is 0 Å². The van der Waals surface area contributed by atoms with Crippen LogP contribution < -0.4 is 10.2 Å². The van der Waals surface area contributed by atoms with Gasteiger partial charge in [0.15, 0.2) is 12.2 Å². The summed E-state index contributed by atoms with van der Waals surface area (Å²) in [4.78, 5) is 10.8. The van der Waals surface area contributed by atoms with E-state index in [0.717, 1.165) is 37.4 Å². The Kier molecular flexibility index (Phi) is 5.09. The fourth-order valence-electron chi connectivity index (χ4n) is 3.32. The average Bonchev–Trinajstić information content (AvgIpc) is 3.37. The first-order valence-electron chi connectivity index (χ1n) is 8.74. The largest absolute Gasteiger partial charge is 0.444 e. The molecule has 1 saturated heterocycles. The molecule has 1 aromatic carbocycles. The molecule has 0 bridgehead atoms. The van der Waals surface area contributed by atoms with Gasteiger partial charge in [-0.1, -0.05) is 12.1 Å². The van der Waals surface area contributed by atoms with Gasteiger partial charge in [-0.25, -0.2) is 9.97 Å². The van der Waals surface area contributed by atoms with Crippen LogP contribution in [0.25, 0.3) is 11.3 Å². The SMILES string of the molecule is c1cc(-c2cnco2)cc(N2CCC(NCCc3nccs3)CC2)c1. The van der Waals surface area contributed by atoms with Crippen molar-refractivity contribution >= 4 is 17.0 Å². The molecule has 3 aromatic rings. The van der Waals surface area contributed by atoms with Crippen LogP contribution >= 0.6 is 11.3 Å². The lowest BCUT2D eigenvalue weighted by atomic mass is 10.0. The van der Waals surface area contributed by atoms with Crippen molar-refractivity contribution in [3.8, 4) is 11.3 Å². The standard InChI is InChI=1S/C19H22N4OS/c1-2-15(18-13-20-14-24-18)12-17(3-1)23-9-5-16(6-10-23)21-7-4-19-22-8-11-25-19/h1-3,8,11-14,16,21H,4-7,9-10H2. The van der Waals surface area contributed by atoms with Gasteiger partial charge in [0, 0.05) is 54.9 Å². The van der Waals surface area contributed by atoms with Gasteiger partial charge in [0.2, 0.25) is 0 Å². The molecule has 0 spiro atoms. The zero-order valence-electron chi connectivity index (χ0n) is 14.1. The summed E-state index contributed by atoms with van der Waals surface area (Å²) in [5.41, 5.74) is 2.34. The lowest BCUT2D eigenvalue weighted by molar-refractivity contribution is 0.417. The molecule has 25 heavy (non-hydrogen) atoms. The van der Waals surface area contributed by atoms with Crippen molar-refractivity contribution in [2.45, 2.75) is 25.3 Å². The summed E-state index contributed by atoms with van der Waals surface area (Å²) >= 11 is 1.74. The molecule has 0 radical (unpaired) electrons. The number of aromatic nitrogens is 2. The van der Waals surface area contributed by atoms with Gasteiger partial charge in [-0.3, -0.25) is 0 Å². The lowest BCUT2D eigenvalue weighted by Crippen LogP contribution is -2.43. The van der Waals surface area contributed by atoms with E-state index in [4.69, 9.17) is 4.42 Å². The van der Waals surface area contributed by atoms with Crippen LogP contribution in [0.5, 0.6) is 0 Å². The third kappa shape index (κ3) is 4.08. The van der Waals surface area contributed by atoms with E-state index in [2.05, 4.69) is 44.5 Å². The van der Waals surface area contributed by atoms with Gasteiger partial charge < -0.3 is 14.6 Å². The summed E-state index contributed by atoms with van der Waals surface area (Å²) in [6.45, 7) is 3.17. The van der Waals surface area contributed by atoms with Gasteiger partial charge in [-0.15, -0.1) is 11.3 Å². The number of anilines is 1. The van der Waals surface area contributed by atoms with Gasteiger partial charge in [0.05, 0.1) is 11.2 Å². The molecule has 1 fully saturated rings. The molecule has 6 heteroatoms. The summed E-state index contributed by atoms with van der Waals surface area (Å²) in [5.74, 6) is 0.820. The highest BCUT2D eigenvalue weighted by molar-refractivity contribution is 7.09. The second kappa shape index (κ2) is 7.80. The topological polar surface area (TPSA) is 54.2 Å². The van der Waals surface area contributed by atoms with E-state index < -0.39 is 0 Å². The highest BCUT2D eigenvalue weighted by atomic mass is 32.1. The Morgan fingerprint density at radius 2 is 2.20 bits per heavy atom. The van der Waals surface area contributed by atoms with E-state index in [0.29, 0.717) is 6.04 Å². The Balaban J connectivity index is 1.29. The van der Waals surface area contributed by atoms with Crippen LogP contribution in [0, 0.1) is 0 Å². The van der Waals surface area contributed by atoms with Crippen LogP contribution in [0.3, 0.4) is 0 Å². The fourth-order valence-corrected chi connectivity index (χ4v) is 3.94. The normalized spacial score (nSPS) is 15.6. The predicted molar refractivity (Wildman–Crippen MR) is 101 cm³/mol.